The van der Waals surface area contributed by atoms with Crippen molar-refractivity contribution in [1.29, 1.82) is 0 Å². The summed E-state index contributed by atoms with van der Waals surface area (Å²) in [6.45, 7) is 9.23. The second-order valence-corrected chi connectivity index (χ2v) is 8.96. The first kappa shape index (κ1) is 21.3. The molecule has 6 nitrogen and oxygen atoms in total. The van der Waals surface area contributed by atoms with E-state index >= 15 is 0 Å². The van der Waals surface area contributed by atoms with Crippen LogP contribution in [0.15, 0.2) is 42.5 Å². The highest BCUT2D eigenvalue weighted by atomic mass is 32.1. The SMILES string of the molecule is Cc1ccc(Cc2nsc(N3CCCN(C(=O)Nc4ccc(C)cc4C)CC3)n2)cc1. The van der Waals surface area contributed by atoms with Crippen LogP contribution in [-0.4, -0.2) is 46.5 Å². The van der Waals surface area contributed by atoms with E-state index in [9.17, 15) is 4.79 Å². The van der Waals surface area contributed by atoms with Crippen LogP contribution in [0.25, 0.3) is 0 Å². The average molecular weight is 436 g/mol. The number of rotatable bonds is 4. The molecule has 1 fully saturated rings. The van der Waals surface area contributed by atoms with E-state index in [1.54, 1.807) is 0 Å². The molecule has 0 spiro atoms. The van der Waals surface area contributed by atoms with Gasteiger partial charge in [-0.25, -0.2) is 9.78 Å². The zero-order valence-electron chi connectivity index (χ0n) is 18.4. The predicted molar refractivity (Wildman–Crippen MR) is 127 cm³/mol. The lowest BCUT2D eigenvalue weighted by molar-refractivity contribution is 0.215. The largest absolute Gasteiger partial charge is 0.345 e. The molecule has 0 atom stereocenters. The Morgan fingerprint density at radius 2 is 1.77 bits per heavy atom. The Morgan fingerprint density at radius 1 is 1.00 bits per heavy atom. The second kappa shape index (κ2) is 9.47. The van der Waals surface area contributed by atoms with E-state index in [0.29, 0.717) is 6.54 Å². The smallest absolute Gasteiger partial charge is 0.321 e. The van der Waals surface area contributed by atoms with Gasteiger partial charge in [0.25, 0.3) is 0 Å². The minimum absolute atomic E-state index is 0.0360. The van der Waals surface area contributed by atoms with Crippen molar-refractivity contribution in [2.75, 3.05) is 36.4 Å². The quantitative estimate of drug-likeness (QED) is 0.640. The summed E-state index contributed by atoms with van der Waals surface area (Å²) in [4.78, 5) is 21.7. The molecule has 2 aromatic carbocycles. The van der Waals surface area contributed by atoms with Gasteiger partial charge in [-0.2, -0.15) is 4.37 Å². The minimum Gasteiger partial charge on any atom is -0.345 e. The topological polar surface area (TPSA) is 61.4 Å². The molecule has 3 aromatic rings. The number of benzene rings is 2. The first-order valence-electron chi connectivity index (χ1n) is 10.7. The highest BCUT2D eigenvalue weighted by Gasteiger charge is 2.21. The molecule has 0 saturated carbocycles. The average Bonchev–Trinajstić information content (AvgIpc) is 3.06. The number of anilines is 2. The Bertz CT molecular complexity index is 1050. The lowest BCUT2D eigenvalue weighted by Gasteiger charge is -2.22. The Balaban J connectivity index is 1.35. The molecule has 0 radical (unpaired) electrons. The standard InChI is InChI=1S/C24H29N5OS/c1-17-5-8-20(9-6-17)16-22-26-24(31-27-22)29-12-4-11-28(13-14-29)23(30)25-21-10-7-18(2)15-19(21)3/h5-10,15H,4,11-14,16H2,1-3H3,(H,25,30). The molecule has 7 heteroatoms. The normalized spacial score (nSPS) is 14.4. The second-order valence-electron chi connectivity index (χ2n) is 8.23. The first-order chi connectivity index (χ1) is 15.0. The Labute approximate surface area is 188 Å². The third kappa shape index (κ3) is 5.41. The molecule has 1 aromatic heterocycles. The summed E-state index contributed by atoms with van der Waals surface area (Å²) in [5, 5.41) is 4.01. The highest BCUT2D eigenvalue weighted by molar-refractivity contribution is 7.09. The van der Waals surface area contributed by atoms with Crippen LogP contribution < -0.4 is 10.2 Å². The highest BCUT2D eigenvalue weighted by Crippen LogP contribution is 2.22. The summed E-state index contributed by atoms with van der Waals surface area (Å²) in [6, 6.07) is 14.6. The van der Waals surface area contributed by atoms with Gasteiger partial charge in [0.15, 0.2) is 0 Å². The molecule has 2 heterocycles. The van der Waals surface area contributed by atoms with Gasteiger partial charge in [0.2, 0.25) is 5.13 Å². The predicted octanol–water partition coefficient (Wildman–Crippen LogP) is 4.80. The number of aryl methyl sites for hydroxylation is 3. The third-order valence-corrected chi connectivity index (χ3v) is 6.43. The molecule has 162 valence electrons. The monoisotopic (exact) mass is 435 g/mol. The van der Waals surface area contributed by atoms with Gasteiger partial charge >= 0.3 is 6.03 Å². The lowest BCUT2D eigenvalue weighted by Crippen LogP contribution is -2.38. The number of hydrogen-bond donors (Lipinski definition) is 1. The van der Waals surface area contributed by atoms with Crippen LogP contribution in [0, 0.1) is 20.8 Å². The van der Waals surface area contributed by atoms with Crippen molar-refractivity contribution in [2.45, 2.75) is 33.6 Å². The summed E-state index contributed by atoms with van der Waals surface area (Å²) >= 11 is 1.45. The van der Waals surface area contributed by atoms with E-state index in [2.05, 4.69) is 58.8 Å². The molecule has 31 heavy (non-hydrogen) atoms. The van der Waals surface area contributed by atoms with Gasteiger partial charge in [-0.05, 0) is 44.4 Å². The number of hydrogen-bond acceptors (Lipinski definition) is 5. The number of aromatic nitrogens is 2. The van der Waals surface area contributed by atoms with E-state index in [4.69, 9.17) is 4.98 Å². The van der Waals surface area contributed by atoms with Gasteiger partial charge < -0.3 is 15.1 Å². The van der Waals surface area contributed by atoms with Crippen LogP contribution >= 0.6 is 11.5 Å². The molecule has 1 N–H and O–H groups in total. The fourth-order valence-corrected chi connectivity index (χ4v) is 4.53. The van der Waals surface area contributed by atoms with Crippen molar-refractivity contribution >= 4 is 28.4 Å². The summed E-state index contributed by atoms with van der Waals surface area (Å²) in [7, 11) is 0. The molecule has 1 aliphatic rings. The van der Waals surface area contributed by atoms with Crippen molar-refractivity contribution in [2.24, 2.45) is 0 Å². The molecule has 0 bridgehead atoms. The van der Waals surface area contributed by atoms with Crippen molar-refractivity contribution in [1.82, 2.24) is 14.3 Å². The van der Waals surface area contributed by atoms with Crippen LogP contribution in [0.3, 0.4) is 0 Å². The van der Waals surface area contributed by atoms with E-state index in [1.807, 2.05) is 24.0 Å². The molecule has 0 unspecified atom stereocenters. The van der Waals surface area contributed by atoms with E-state index in [1.165, 1.54) is 28.2 Å². The van der Waals surface area contributed by atoms with Crippen molar-refractivity contribution < 1.29 is 4.79 Å². The molecule has 1 aliphatic heterocycles. The summed E-state index contributed by atoms with van der Waals surface area (Å²) in [5.74, 6) is 0.859. The molecule has 0 aliphatic carbocycles. The van der Waals surface area contributed by atoms with Gasteiger partial charge in [-0.15, -0.1) is 0 Å². The number of carbonyl (C=O) groups is 1. The number of carbonyl (C=O) groups excluding carboxylic acids is 1. The molecular formula is C24H29N5OS. The van der Waals surface area contributed by atoms with Crippen LogP contribution in [-0.2, 0) is 6.42 Å². The number of amides is 2. The Kier molecular flexibility index (Phi) is 6.51. The molecule has 4 rings (SSSR count). The van der Waals surface area contributed by atoms with E-state index in [-0.39, 0.29) is 6.03 Å². The fraction of sp³-hybridized carbons (Fsp3) is 0.375. The van der Waals surface area contributed by atoms with Gasteiger partial charge in [-0.1, -0.05) is 47.5 Å². The summed E-state index contributed by atoms with van der Waals surface area (Å²) < 4.78 is 4.56. The fourth-order valence-electron chi connectivity index (χ4n) is 3.79. The number of urea groups is 1. The molecular weight excluding hydrogens is 406 g/mol. The number of nitrogens with zero attached hydrogens (tertiary/aromatic N) is 4. The molecule has 2 amide bonds. The van der Waals surface area contributed by atoms with Crippen molar-refractivity contribution in [3.05, 3.63) is 70.5 Å². The van der Waals surface area contributed by atoms with Crippen molar-refractivity contribution in [3.63, 3.8) is 0 Å². The maximum Gasteiger partial charge on any atom is 0.321 e. The van der Waals surface area contributed by atoms with Crippen LogP contribution in [0.2, 0.25) is 0 Å². The first-order valence-corrected chi connectivity index (χ1v) is 11.5. The Hall–Kier alpha value is -2.93. The van der Waals surface area contributed by atoms with E-state index < -0.39 is 0 Å². The van der Waals surface area contributed by atoms with Gasteiger partial charge in [0, 0.05) is 49.8 Å². The Morgan fingerprint density at radius 3 is 2.55 bits per heavy atom. The lowest BCUT2D eigenvalue weighted by atomic mass is 10.1. The van der Waals surface area contributed by atoms with Crippen molar-refractivity contribution in [3.8, 4) is 0 Å². The molecule has 1 saturated heterocycles. The summed E-state index contributed by atoms with van der Waals surface area (Å²) in [6.07, 6.45) is 1.65. The third-order valence-electron chi connectivity index (χ3n) is 5.62. The maximum atomic E-state index is 12.8. The van der Waals surface area contributed by atoms with Crippen LogP contribution in [0.1, 0.15) is 34.5 Å². The maximum absolute atomic E-state index is 12.8. The van der Waals surface area contributed by atoms with Gasteiger partial charge in [0.05, 0.1) is 0 Å². The van der Waals surface area contributed by atoms with Gasteiger partial charge in [0.1, 0.15) is 5.82 Å². The minimum atomic E-state index is -0.0360. The zero-order valence-corrected chi connectivity index (χ0v) is 19.2. The van der Waals surface area contributed by atoms with E-state index in [0.717, 1.165) is 54.7 Å². The number of nitrogens with one attached hydrogen (secondary N) is 1. The summed E-state index contributed by atoms with van der Waals surface area (Å²) in [5.41, 5.74) is 5.63. The van der Waals surface area contributed by atoms with Gasteiger partial charge in [-0.3, -0.25) is 0 Å². The zero-order chi connectivity index (χ0) is 21.8. The van der Waals surface area contributed by atoms with Crippen LogP contribution in [0.4, 0.5) is 15.6 Å². The van der Waals surface area contributed by atoms with Crippen LogP contribution in [0.5, 0.6) is 0 Å².